The molecule has 106 valence electrons. The molecule has 1 unspecified atom stereocenters. The first-order valence-electron chi connectivity index (χ1n) is 6.97. The number of hydrogen-bond acceptors (Lipinski definition) is 2. The van der Waals surface area contributed by atoms with Gasteiger partial charge in [0.1, 0.15) is 0 Å². The first-order chi connectivity index (χ1) is 8.82. The van der Waals surface area contributed by atoms with Crippen LogP contribution in [0.2, 0.25) is 0 Å². The number of amides is 1. The van der Waals surface area contributed by atoms with Crippen molar-refractivity contribution in [2.75, 3.05) is 5.73 Å². The van der Waals surface area contributed by atoms with Gasteiger partial charge < -0.3 is 10.6 Å². The number of carbonyl (C=O) groups excluding carboxylic acids is 1. The molecular weight excluding hydrogens is 236 g/mol. The molecule has 1 atom stereocenters. The van der Waals surface area contributed by atoms with E-state index in [1.807, 2.05) is 36.1 Å². The number of rotatable bonds is 5. The number of anilines is 1. The Hall–Kier alpha value is -1.51. The van der Waals surface area contributed by atoms with Crippen molar-refractivity contribution in [2.24, 2.45) is 11.8 Å². The maximum atomic E-state index is 12.5. The molecule has 0 radical (unpaired) electrons. The Morgan fingerprint density at radius 2 is 1.84 bits per heavy atom. The van der Waals surface area contributed by atoms with Crippen molar-refractivity contribution in [1.29, 1.82) is 0 Å². The van der Waals surface area contributed by atoms with Crippen LogP contribution in [-0.4, -0.2) is 16.8 Å². The topological polar surface area (TPSA) is 46.3 Å². The summed E-state index contributed by atoms with van der Waals surface area (Å²) in [7, 11) is 0. The molecule has 1 aromatic carbocycles. The zero-order valence-corrected chi connectivity index (χ0v) is 12.7. The van der Waals surface area contributed by atoms with E-state index in [2.05, 4.69) is 27.7 Å². The molecule has 0 bridgehead atoms. The summed E-state index contributed by atoms with van der Waals surface area (Å²) in [5.41, 5.74) is 7.61. The van der Waals surface area contributed by atoms with E-state index in [4.69, 9.17) is 5.73 Å². The minimum Gasteiger partial charge on any atom is -0.399 e. The van der Waals surface area contributed by atoms with Gasteiger partial charge >= 0.3 is 0 Å². The first-order valence-corrected chi connectivity index (χ1v) is 6.97. The molecule has 0 aliphatic carbocycles. The Morgan fingerprint density at radius 1 is 1.21 bits per heavy atom. The summed E-state index contributed by atoms with van der Waals surface area (Å²) >= 11 is 0. The summed E-state index contributed by atoms with van der Waals surface area (Å²) in [5, 5.41) is 0. The highest BCUT2D eigenvalue weighted by molar-refractivity contribution is 5.79. The van der Waals surface area contributed by atoms with Gasteiger partial charge in [-0.3, -0.25) is 4.79 Å². The maximum Gasteiger partial charge on any atom is 0.226 e. The van der Waals surface area contributed by atoms with Crippen LogP contribution in [0.4, 0.5) is 5.69 Å². The van der Waals surface area contributed by atoms with Crippen molar-refractivity contribution in [2.45, 2.75) is 47.2 Å². The van der Waals surface area contributed by atoms with Crippen LogP contribution in [0.3, 0.4) is 0 Å². The number of carbonyl (C=O) groups is 1. The van der Waals surface area contributed by atoms with Crippen LogP contribution in [0.15, 0.2) is 24.3 Å². The van der Waals surface area contributed by atoms with E-state index in [1.54, 1.807) is 0 Å². The molecule has 0 heterocycles. The van der Waals surface area contributed by atoms with Gasteiger partial charge in [-0.2, -0.15) is 0 Å². The average molecular weight is 262 g/mol. The molecule has 0 saturated carbocycles. The Bertz CT molecular complexity index is 427. The van der Waals surface area contributed by atoms with Crippen LogP contribution < -0.4 is 5.73 Å². The normalized spacial score (nSPS) is 12.8. The molecule has 1 amide bonds. The lowest BCUT2D eigenvalue weighted by molar-refractivity contribution is -0.138. The second-order valence-corrected chi connectivity index (χ2v) is 5.84. The second-order valence-electron chi connectivity index (χ2n) is 5.84. The molecular formula is C16H26N2O. The molecule has 3 heteroatoms. The fourth-order valence-electron chi connectivity index (χ4n) is 1.95. The monoisotopic (exact) mass is 262 g/mol. The molecule has 0 fully saturated rings. The Kier molecular flexibility index (Phi) is 5.40. The fraction of sp³-hybridized carbons (Fsp3) is 0.562. The highest BCUT2D eigenvalue weighted by Gasteiger charge is 2.24. The van der Waals surface area contributed by atoms with Crippen LogP contribution in [0, 0.1) is 11.8 Å². The third kappa shape index (κ3) is 4.27. The average Bonchev–Trinajstić information content (AvgIpc) is 2.33. The van der Waals surface area contributed by atoms with Crippen molar-refractivity contribution in [1.82, 2.24) is 4.90 Å². The summed E-state index contributed by atoms with van der Waals surface area (Å²) in [6, 6.07) is 7.93. The van der Waals surface area contributed by atoms with Crippen LogP contribution in [-0.2, 0) is 11.3 Å². The predicted octanol–water partition coefficient (Wildman–Crippen LogP) is 3.30. The van der Waals surface area contributed by atoms with Crippen molar-refractivity contribution < 1.29 is 4.79 Å². The lowest BCUT2D eigenvalue weighted by Crippen LogP contribution is -2.41. The van der Waals surface area contributed by atoms with Gasteiger partial charge in [-0.05, 0) is 37.5 Å². The van der Waals surface area contributed by atoms with Crippen molar-refractivity contribution >= 4 is 11.6 Å². The summed E-state index contributed by atoms with van der Waals surface area (Å²) in [6.45, 7) is 10.9. The van der Waals surface area contributed by atoms with Crippen molar-refractivity contribution in [3.05, 3.63) is 29.8 Å². The molecule has 0 saturated heterocycles. The number of nitrogens with two attached hydrogens (primary N) is 1. The smallest absolute Gasteiger partial charge is 0.226 e. The fourth-order valence-corrected chi connectivity index (χ4v) is 1.95. The van der Waals surface area contributed by atoms with Crippen LogP contribution >= 0.6 is 0 Å². The summed E-state index contributed by atoms with van der Waals surface area (Å²) in [5.74, 6) is 0.616. The molecule has 0 aliphatic heterocycles. The van der Waals surface area contributed by atoms with Gasteiger partial charge in [0.2, 0.25) is 5.91 Å². The zero-order valence-electron chi connectivity index (χ0n) is 12.7. The summed E-state index contributed by atoms with van der Waals surface area (Å²) in [6.07, 6.45) is 0. The van der Waals surface area contributed by atoms with Gasteiger partial charge in [0.25, 0.3) is 0 Å². The van der Waals surface area contributed by atoms with E-state index in [0.717, 1.165) is 11.3 Å². The van der Waals surface area contributed by atoms with Gasteiger partial charge in [-0.15, -0.1) is 0 Å². The van der Waals surface area contributed by atoms with Crippen LogP contribution in [0.5, 0.6) is 0 Å². The highest BCUT2D eigenvalue weighted by Crippen LogP contribution is 2.18. The third-order valence-electron chi connectivity index (χ3n) is 3.60. The van der Waals surface area contributed by atoms with Crippen LogP contribution in [0.1, 0.15) is 40.2 Å². The van der Waals surface area contributed by atoms with Gasteiger partial charge in [0, 0.05) is 24.2 Å². The lowest BCUT2D eigenvalue weighted by atomic mass is 9.96. The standard InChI is InChI=1S/C16H26N2O/c1-11(2)13(5)16(19)18(12(3)4)10-14-7-6-8-15(17)9-14/h6-9,11-13H,10,17H2,1-5H3. The molecule has 3 nitrogen and oxygen atoms in total. The van der Waals surface area contributed by atoms with E-state index < -0.39 is 0 Å². The molecule has 1 rings (SSSR count). The van der Waals surface area contributed by atoms with E-state index in [0.29, 0.717) is 12.5 Å². The molecule has 1 aromatic rings. The summed E-state index contributed by atoms with van der Waals surface area (Å²) in [4.78, 5) is 14.4. The Balaban J connectivity index is 2.87. The number of nitrogens with zero attached hydrogens (tertiary/aromatic N) is 1. The molecule has 0 spiro atoms. The van der Waals surface area contributed by atoms with Crippen molar-refractivity contribution in [3.63, 3.8) is 0 Å². The predicted molar refractivity (Wildman–Crippen MR) is 80.5 cm³/mol. The number of hydrogen-bond donors (Lipinski definition) is 1. The Labute approximate surface area is 116 Å². The summed E-state index contributed by atoms with van der Waals surface area (Å²) < 4.78 is 0. The van der Waals surface area contributed by atoms with Gasteiger partial charge in [0.15, 0.2) is 0 Å². The molecule has 2 N–H and O–H groups in total. The Morgan fingerprint density at radius 3 is 2.32 bits per heavy atom. The first kappa shape index (κ1) is 15.5. The van der Waals surface area contributed by atoms with Gasteiger partial charge in [-0.1, -0.05) is 32.9 Å². The van der Waals surface area contributed by atoms with E-state index in [9.17, 15) is 4.79 Å². The van der Waals surface area contributed by atoms with E-state index in [1.165, 1.54) is 0 Å². The number of nitrogen functional groups attached to an aromatic ring is 1. The zero-order chi connectivity index (χ0) is 14.6. The third-order valence-corrected chi connectivity index (χ3v) is 3.60. The van der Waals surface area contributed by atoms with Crippen LogP contribution in [0.25, 0.3) is 0 Å². The van der Waals surface area contributed by atoms with Crippen molar-refractivity contribution in [3.8, 4) is 0 Å². The van der Waals surface area contributed by atoms with Gasteiger partial charge in [0.05, 0.1) is 0 Å². The minimum absolute atomic E-state index is 0.0449. The lowest BCUT2D eigenvalue weighted by Gasteiger charge is -2.31. The minimum atomic E-state index is 0.0449. The highest BCUT2D eigenvalue weighted by atomic mass is 16.2. The SMILES string of the molecule is CC(C)C(C)C(=O)N(Cc1cccc(N)c1)C(C)C. The quantitative estimate of drug-likeness (QED) is 0.828. The molecule has 0 aromatic heterocycles. The van der Waals surface area contributed by atoms with E-state index in [-0.39, 0.29) is 17.9 Å². The maximum absolute atomic E-state index is 12.5. The number of benzene rings is 1. The van der Waals surface area contributed by atoms with Gasteiger partial charge in [-0.25, -0.2) is 0 Å². The molecule has 0 aliphatic rings. The molecule has 19 heavy (non-hydrogen) atoms. The van der Waals surface area contributed by atoms with E-state index >= 15 is 0 Å². The second kappa shape index (κ2) is 6.60. The largest absolute Gasteiger partial charge is 0.399 e.